The van der Waals surface area contributed by atoms with E-state index in [0.717, 1.165) is 18.3 Å². The largest absolute Gasteiger partial charge is 0.340 e. The second-order valence-corrected chi connectivity index (χ2v) is 5.61. The second-order valence-electron chi connectivity index (χ2n) is 4.81. The minimum Gasteiger partial charge on any atom is -0.340 e. The lowest BCUT2D eigenvalue weighted by Gasteiger charge is -2.38. The Kier molecular flexibility index (Phi) is 5.65. The third-order valence-corrected chi connectivity index (χ3v) is 3.51. The maximum Gasteiger partial charge on any atom is 0.223 e. The zero-order valence-corrected chi connectivity index (χ0v) is 11.4. The predicted octanol–water partition coefficient (Wildman–Crippen LogP) is 3.20. The van der Waals surface area contributed by atoms with Gasteiger partial charge in [-0.25, -0.2) is 0 Å². The standard InChI is InChI=1S/C12H22BrNO/c1-10(2)9-12(15)14(8-4-7-13)11-5-3-6-11/h10-11H,3-9H2,1-2H3. The Balaban J connectivity index is 2.42. The molecule has 3 heteroatoms. The zero-order valence-electron chi connectivity index (χ0n) is 9.84. The number of carbonyl (C=O) groups excluding carboxylic acids is 1. The molecule has 0 heterocycles. The third kappa shape index (κ3) is 4.13. The number of carbonyl (C=O) groups is 1. The quantitative estimate of drug-likeness (QED) is 0.682. The molecule has 0 bridgehead atoms. The minimum atomic E-state index is 0.357. The molecule has 1 aliphatic carbocycles. The first kappa shape index (κ1) is 13.0. The molecule has 1 aliphatic rings. The Hall–Kier alpha value is -0.0500. The van der Waals surface area contributed by atoms with Crippen molar-refractivity contribution in [2.45, 2.75) is 52.0 Å². The van der Waals surface area contributed by atoms with Crippen molar-refractivity contribution < 1.29 is 4.79 Å². The van der Waals surface area contributed by atoms with Crippen molar-refractivity contribution in [2.24, 2.45) is 5.92 Å². The molecule has 1 saturated carbocycles. The summed E-state index contributed by atoms with van der Waals surface area (Å²) in [5, 5.41) is 0.991. The Bertz CT molecular complexity index is 202. The highest BCUT2D eigenvalue weighted by atomic mass is 79.9. The van der Waals surface area contributed by atoms with Gasteiger partial charge in [-0.15, -0.1) is 0 Å². The maximum atomic E-state index is 12.0. The van der Waals surface area contributed by atoms with E-state index in [9.17, 15) is 4.79 Å². The third-order valence-electron chi connectivity index (χ3n) is 2.95. The first-order valence-electron chi connectivity index (χ1n) is 6.00. The van der Waals surface area contributed by atoms with E-state index in [4.69, 9.17) is 0 Å². The van der Waals surface area contributed by atoms with Gasteiger partial charge in [-0.2, -0.15) is 0 Å². The number of alkyl halides is 1. The van der Waals surface area contributed by atoms with Crippen LogP contribution in [0.1, 0.15) is 46.0 Å². The Morgan fingerprint density at radius 1 is 1.47 bits per heavy atom. The molecule has 0 spiro atoms. The van der Waals surface area contributed by atoms with Gasteiger partial charge in [-0.05, 0) is 31.6 Å². The summed E-state index contributed by atoms with van der Waals surface area (Å²) in [5.74, 6) is 0.833. The van der Waals surface area contributed by atoms with Crippen LogP contribution >= 0.6 is 15.9 Å². The Morgan fingerprint density at radius 2 is 2.13 bits per heavy atom. The van der Waals surface area contributed by atoms with E-state index in [2.05, 4.69) is 34.7 Å². The average Bonchev–Trinajstić information content (AvgIpc) is 2.07. The molecule has 88 valence electrons. The first-order chi connectivity index (χ1) is 7.15. The summed E-state index contributed by atoms with van der Waals surface area (Å²) in [6.45, 7) is 5.16. The fourth-order valence-electron chi connectivity index (χ4n) is 1.91. The van der Waals surface area contributed by atoms with E-state index in [1.807, 2.05) is 0 Å². The molecule has 1 fully saturated rings. The summed E-state index contributed by atoms with van der Waals surface area (Å²) < 4.78 is 0. The predicted molar refractivity (Wildman–Crippen MR) is 67.2 cm³/mol. The number of amides is 1. The van der Waals surface area contributed by atoms with Crippen LogP contribution in [-0.2, 0) is 4.79 Å². The van der Waals surface area contributed by atoms with Gasteiger partial charge in [-0.3, -0.25) is 4.79 Å². The molecule has 0 unspecified atom stereocenters. The molecule has 1 amide bonds. The van der Waals surface area contributed by atoms with Gasteiger partial charge in [0, 0.05) is 24.3 Å². The average molecular weight is 276 g/mol. The molecule has 1 rings (SSSR count). The SMILES string of the molecule is CC(C)CC(=O)N(CCCBr)C1CCC1. The molecule has 0 aliphatic heterocycles. The number of hydrogen-bond acceptors (Lipinski definition) is 1. The molecule has 2 nitrogen and oxygen atoms in total. The summed E-state index contributed by atoms with van der Waals surface area (Å²) in [7, 11) is 0. The molecular weight excluding hydrogens is 254 g/mol. The van der Waals surface area contributed by atoms with Crippen LogP contribution in [0.2, 0.25) is 0 Å². The second kappa shape index (κ2) is 6.51. The van der Waals surface area contributed by atoms with Crippen LogP contribution in [0.5, 0.6) is 0 Å². The van der Waals surface area contributed by atoms with Gasteiger partial charge in [0.2, 0.25) is 5.91 Å². The van der Waals surface area contributed by atoms with Crippen LogP contribution in [0.3, 0.4) is 0 Å². The molecule has 0 saturated heterocycles. The van der Waals surface area contributed by atoms with Crippen molar-refractivity contribution in [1.29, 1.82) is 0 Å². The number of nitrogens with zero attached hydrogens (tertiary/aromatic N) is 1. The van der Waals surface area contributed by atoms with Crippen molar-refractivity contribution in [3.8, 4) is 0 Å². The normalized spacial score (nSPS) is 16.5. The van der Waals surface area contributed by atoms with Crippen molar-refractivity contribution in [1.82, 2.24) is 4.90 Å². The van der Waals surface area contributed by atoms with Crippen LogP contribution < -0.4 is 0 Å². The van der Waals surface area contributed by atoms with Gasteiger partial charge in [0.05, 0.1) is 0 Å². The van der Waals surface area contributed by atoms with Crippen molar-refractivity contribution in [3.63, 3.8) is 0 Å². The van der Waals surface area contributed by atoms with Crippen LogP contribution in [-0.4, -0.2) is 28.7 Å². The Labute approximate surface area is 102 Å². The van der Waals surface area contributed by atoms with E-state index >= 15 is 0 Å². The molecule has 0 aromatic rings. The van der Waals surface area contributed by atoms with Gasteiger partial charge in [-0.1, -0.05) is 29.8 Å². The molecule has 0 aromatic carbocycles. The highest BCUT2D eigenvalue weighted by Gasteiger charge is 2.28. The van der Waals surface area contributed by atoms with E-state index in [1.165, 1.54) is 19.3 Å². The monoisotopic (exact) mass is 275 g/mol. The zero-order chi connectivity index (χ0) is 11.3. The summed E-state index contributed by atoms with van der Waals surface area (Å²) in [6, 6.07) is 0.551. The van der Waals surface area contributed by atoms with Gasteiger partial charge in [0.15, 0.2) is 0 Å². The first-order valence-corrected chi connectivity index (χ1v) is 7.12. The van der Waals surface area contributed by atoms with Crippen molar-refractivity contribution >= 4 is 21.8 Å². The summed E-state index contributed by atoms with van der Waals surface area (Å²) >= 11 is 3.43. The van der Waals surface area contributed by atoms with Crippen LogP contribution in [0.4, 0.5) is 0 Å². The lowest BCUT2D eigenvalue weighted by atomic mass is 9.90. The van der Waals surface area contributed by atoms with Crippen molar-refractivity contribution in [2.75, 3.05) is 11.9 Å². The fraction of sp³-hybridized carbons (Fsp3) is 0.917. The highest BCUT2D eigenvalue weighted by Crippen LogP contribution is 2.26. The molecule has 15 heavy (non-hydrogen) atoms. The Morgan fingerprint density at radius 3 is 2.53 bits per heavy atom. The van der Waals surface area contributed by atoms with E-state index in [1.54, 1.807) is 0 Å². The topological polar surface area (TPSA) is 20.3 Å². The van der Waals surface area contributed by atoms with E-state index < -0.39 is 0 Å². The summed E-state index contributed by atoms with van der Waals surface area (Å²) in [4.78, 5) is 14.1. The highest BCUT2D eigenvalue weighted by molar-refractivity contribution is 9.09. The van der Waals surface area contributed by atoms with Gasteiger partial charge in [0.1, 0.15) is 0 Å². The number of hydrogen-bond donors (Lipinski definition) is 0. The molecule has 0 N–H and O–H groups in total. The van der Waals surface area contributed by atoms with E-state index in [0.29, 0.717) is 24.3 Å². The molecule has 0 aromatic heterocycles. The van der Waals surface area contributed by atoms with Gasteiger partial charge < -0.3 is 4.90 Å². The van der Waals surface area contributed by atoms with Crippen LogP contribution in [0, 0.1) is 5.92 Å². The minimum absolute atomic E-state index is 0.357. The molecule has 0 radical (unpaired) electrons. The maximum absolute atomic E-state index is 12.0. The van der Waals surface area contributed by atoms with Gasteiger partial charge in [0.25, 0.3) is 0 Å². The molecular formula is C12H22BrNO. The lowest BCUT2D eigenvalue weighted by Crippen LogP contribution is -2.45. The molecule has 0 atom stereocenters. The number of rotatable bonds is 6. The summed E-state index contributed by atoms with van der Waals surface area (Å²) in [6.07, 6.45) is 5.50. The lowest BCUT2D eigenvalue weighted by molar-refractivity contribution is -0.136. The summed E-state index contributed by atoms with van der Waals surface area (Å²) in [5.41, 5.74) is 0. The fourth-order valence-corrected chi connectivity index (χ4v) is 2.16. The van der Waals surface area contributed by atoms with Crippen LogP contribution in [0.15, 0.2) is 0 Å². The smallest absolute Gasteiger partial charge is 0.223 e. The number of halogens is 1. The van der Waals surface area contributed by atoms with E-state index in [-0.39, 0.29) is 0 Å². The van der Waals surface area contributed by atoms with Gasteiger partial charge >= 0.3 is 0 Å². The van der Waals surface area contributed by atoms with Crippen molar-refractivity contribution in [3.05, 3.63) is 0 Å². The van der Waals surface area contributed by atoms with Crippen LogP contribution in [0.25, 0.3) is 0 Å².